The standard InChI is InChI=1S/C17H16N2O4/c1-11(20)18-10-12-6-8-13(9-7-12)19-16(21)14-4-2-3-5-15(14)17(22)23/h2-9H,10H2,1H3,(H,18,20)(H,19,21)(H,22,23). The quantitative estimate of drug-likeness (QED) is 0.789. The summed E-state index contributed by atoms with van der Waals surface area (Å²) in [6.45, 7) is 1.85. The van der Waals surface area contributed by atoms with Crippen molar-refractivity contribution in [1.29, 1.82) is 0 Å². The van der Waals surface area contributed by atoms with Crippen molar-refractivity contribution in [3.63, 3.8) is 0 Å². The van der Waals surface area contributed by atoms with Gasteiger partial charge in [0.1, 0.15) is 0 Å². The van der Waals surface area contributed by atoms with E-state index < -0.39 is 11.9 Å². The summed E-state index contributed by atoms with van der Waals surface area (Å²) in [5.41, 5.74) is 1.49. The number of carboxylic acid groups (broad SMARTS) is 1. The number of anilines is 1. The third-order valence-corrected chi connectivity index (χ3v) is 3.16. The Kier molecular flexibility index (Phi) is 5.09. The summed E-state index contributed by atoms with van der Waals surface area (Å²) in [6, 6.07) is 13.0. The van der Waals surface area contributed by atoms with E-state index in [0.29, 0.717) is 12.2 Å². The number of carbonyl (C=O) groups is 3. The van der Waals surface area contributed by atoms with Crippen LogP contribution >= 0.6 is 0 Å². The van der Waals surface area contributed by atoms with E-state index in [-0.39, 0.29) is 17.0 Å². The lowest BCUT2D eigenvalue weighted by Gasteiger charge is -2.09. The van der Waals surface area contributed by atoms with Crippen LogP contribution in [0.5, 0.6) is 0 Å². The molecule has 0 aliphatic heterocycles. The maximum atomic E-state index is 12.2. The molecular formula is C17H16N2O4. The molecule has 0 aliphatic rings. The highest BCUT2D eigenvalue weighted by atomic mass is 16.4. The van der Waals surface area contributed by atoms with Crippen molar-refractivity contribution < 1.29 is 19.5 Å². The first kappa shape index (κ1) is 16.2. The highest BCUT2D eigenvalue weighted by molar-refractivity contribution is 6.10. The monoisotopic (exact) mass is 312 g/mol. The van der Waals surface area contributed by atoms with Gasteiger partial charge < -0.3 is 15.7 Å². The fourth-order valence-corrected chi connectivity index (χ4v) is 2.00. The molecule has 0 fully saturated rings. The van der Waals surface area contributed by atoms with Crippen LogP contribution in [0.15, 0.2) is 48.5 Å². The molecule has 0 heterocycles. The van der Waals surface area contributed by atoms with Gasteiger partial charge in [0.05, 0.1) is 11.1 Å². The van der Waals surface area contributed by atoms with Gasteiger partial charge in [0.2, 0.25) is 5.91 Å². The Labute approximate surface area is 133 Å². The van der Waals surface area contributed by atoms with Gasteiger partial charge in [-0.2, -0.15) is 0 Å². The van der Waals surface area contributed by atoms with Gasteiger partial charge in [-0.25, -0.2) is 4.79 Å². The summed E-state index contributed by atoms with van der Waals surface area (Å²) in [5.74, 6) is -1.76. The van der Waals surface area contributed by atoms with Gasteiger partial charge in [-0.1, -0.05) is 24.3 Å². The average molecular weight is 312 g/mol. The van der Waals surface area contributed by atoms with Gasteiger partial charge in [-0.3, -0.25) is 9.59 Å². The lowest BCUT2D eigenvalue weighted by atomic mass is 10.1. The second-order valence-electron chi connectivity index (χ2n) is 4.91. The first-order chi connectivity index (χ1) is 11.0. The molecule has 0 saturated heterocycles. The molecular weight excluding hydrogens is 296 g/mol. The van der Waals surface area contributed by atoms with E-state index in [1.54, 1.807) is 36.4 Å². The van der Waals surface area contributed by atoms with E-state index in [9.17, 15) is 14.4 Å². The Morgan fingerprint density at radius 1 is 0.957 bits per heavy atom. The van der Waals surface area contributed by atoms with Gasteiger partial charge in [0, 0.05) is 19.2 Å². The number of amides is 2. The minimum atomic E-state index is -1.15. The zero-order valence-corrected chi connectivity index (χ0v) is 12.5. The molecule has 0 bridgehead atoms. The van der Waals surface area contributed by atoms with Gasteiger partial charge in [0.25, 0.3) is 5.91 Å². The number of rotatable bonds is 5. The van der Waals surface area contributed by atoms with Crippen LogP contribution in [0.3, 0.4) is 0 Å². The van der Waals surface area contributed by atoms with Crippen LogP contribution in [-0.4, -0.2) is 22.9 Å². The summed E-state index contributed by atoms with van der Waals surface area (Å²) in [4.78, 5) is 34.2. The molecule has 2 amide bonds. The average Bonchev–Trinajstić information content (AvgIpc) is 2.54. The number of aromatic carboxylic acids is 1. The van der Waals surface area contributed by atoms with Gasteiger partial charge >= 0.3 is 5.97 Å². The maximum Gasteiger partial charge on any atom is 0.336 e. The lowest BCUT2D eigenvalue weighted by molar-refractivity contribution is -0.119. The van der Waals surface area contributed by atoms with Crippen molar-refractivity contribution in [2.45, 2.75) is 13.5 Å². The van der Waals surface area contributed by atoms with Crippen molar-refractivity contribution in [1.82, 2.24) is 5.32 Å². The van der Waals surface area contributed by atoms with E-state index >= 15 is 0 Å². The molecule has 2 rings (SSSR count). The number of carbonyl (C=O) groups excluding carboxylic acids is 2. The van der Waals surface area contributed by atoms with Gasteiger partial charge in [-0.05, 0) is 29.8 Å². The van der Waals surface area contributed by atoms with Crippen LogP contribution in [0, 0.1) is 0 Å². The third-order valence-electron chi connectivity index (χ3n) is 3.16. The second-order valence-corrected chi connectivity index (χ2v) is 4.91. The second kappa shape index (κ2) is 7.22. The molecule has 0 spiro atoms. The number of nitrogens with one attached hydrogen (secondary N) is 2. The van der Waals surface area contributed by atoms with Crippen molar-refractivity contribution in [2.24, 2.45) is 0 Å². The first-order valence-electron chi connectivity index (χ1n) is 6.94. The normalized spacial score (nSPS) is 9.96. The van der Waals surface area contributed by atoms with E-state index in [0.717, 1.165) is 5.56 Å². The van der Waals surface area contributed by atoms with Crippen molar-refractivity contribution in [3.05, 3.63) is 65.2 Å². The molecule has 0 aromatic heterocycles. The van der Waals surface area contributed by atoms with Crippen LogP contribution in [0.2, 0.25) is 0 Å². The van der Waals surface area contributed by atoms with Crippen LogP contribution < -0.4 is 10.6 Å². The molecule has 118 valence electrons. The molecule has 0 saturated carbocycles. The van der Waals surface area contributed by atoms with Crippen molar-refractivity contribution >= 4 is 23.5 Å². The van der Waals surface area contributed by atoms with Crippen LogP contribution in [0.1, 0.15) is 33.2 Å². The minimum absolute atomic E-state index is 0.0488. The molecule has 23 heavy (non-hydrogen) atoms. The summed E-state index contributed by atoms with van der Waals surface area (Å²) in [5, 5.41) is 14.4. The predicted molar refractivity (Wildman–Crippen MR) is 85.3 cm³/mol. The SMILES string of the molecule is CC(=O)NCc1ccc(NC(=O)c2ccccc2C(=O)O)cc1. The fourth-order valence-electron chi connectivity index (χ4n) is 2.00. The summed E-state index contributed by atoms with van der Waals surface area (Å²) in [7, 11) is 0. The largest absolute Gasteiger partial charge is 0.478 e. The minimum Gasteiger partial charge on any atom is -0.478 e. The Morgan fingerprint density at radius 3 is 2.13 bits per heavy atom. The molecule has 6 nitrogen and oxygen atoms in total. The molecule has 0 radical (unpaired) electrons. The molecule has 2 aromatic rings. The molecule has 3 N–H and O–H groups in total. The zero-order valence-electron chi connectivity index (χ0n) is 12.5. The fraction of sp³-hybridized carbons (Fsp3) is 0.118. The first-order valence-corrected chi connectivity index (χ1v) is 6.94. The van der Waals surface area contributed by atoms with Crippen LogP contribution in [0.4, 0.5) is 5.69 Å². The van der Waals surface area contributed by atoms with Gasteiger partial charge in [-0.15, -0.1) is 0 Å². The van der Waals surface area contributed by atoms with E-state index in [4.69, 9.17) is 5.11 Å². The smallest absolute Gasteiger partial charge is 0.336 e. The van der Waals surface area contributed by atoms with Gasteiger partial charge in [0.15, 0.2) is 0 Å². The Bertz CT molecular complexity index is 739. The number of hydrogen-bond acceptors (Lipinski definition) is 3. The van der Waals surface area contributed by atoms with Crippen LogP contribution in [0.25, 0.3) is 0 Å². The molecule has 0 atom stereocenters. The van der Waals surface area contributed by atoms with E-state index in [1.807, 2.05) is 0 Å². The summed E-state index contributed by atoms with van der Waals surface area (Å²) in [6.07, 6.45) is 0. The zero-order chi connectivity index (χ0) is 16.8. The Balaban J connectivity index is 2.09. The van der Waals surface area contributed by atoms with E-state index in [2.05, 4.69) is 10.6 Å². The van der Waals surface area contributed by atoms with Crippen molar-refractivity contribution in [2.75, 3.05) is 5.32 Å². The third kappa shape index (κ3) is 4.41. The van der Waals surface area contributed by atoms with Crippen molar-refractivity contribution in [3.8, 4) is 0 Å². The predicted octanol–water partition coefficient (Wildman–Crippen LogP) is 2.27. The molecule has 2 aromatic carbocycles. The highest BCUT2D eigenvalue weighted by Gasteiger charge is 2.15. The summed E-state index contributed by atoms with van der Waals surface area (Å²) < 4.78 is 0. The molecule has 0 aliphatic carbocycles. The number of benzene rings is 2. The topological polar surface area (TPSA) is 95.5 Å². The highest BCUT2D eigenvalue weighted by Crippen LogP contribution is 2.14. The van der Waals surface area contributed by atoms with E-state index in [1.165, 1.54) is 19.1 Å². The Hall–Kier alpha value is -3.15. The summed E-state index contributed by atoms with van der Waals surface area (Å²) >= 11 is 0. The molecule has 0 unspecified atom stereocenters. The number of hydrogen-bond donors (Lipinski definition) is 3. The number of carboxylic acids is 1. The maximum absolute atomic E-state index is 12.2. The Morgan fingerprint density at radius 2 is 1.57 bits per heavy atom. The molecule has 6 heteroatoms. The van der Waals surface area contributed by atoms with Crippen LogP contribution in [-0.2, 0) is 11.3 Å². The lowest BCUT2D eigenvalue weighted by Crippen LogP contribution is -2.19.